The number of fused-ring (bicyclic) bond motifs is 1. The highest BCUT2D eigenvalue weighted by Crippen LogP contribution is 2.38. The maximum atomic E-state index is 14.1. The summed E-state index contributed by atoms with van der Waals surface area (Å²) in [7, 11) is 1.62. The number of pyridine rings is 1. The van der Waals surface area contributed by atoms with Gasteiger partial charge < -0.3 is 14.7 Å². The van der Waals surface area contributed by atoms with Crippen LogP contribution in [0.1, 0.15) is 30.0 Å². The molecule has 1 aromatic carbocycles. The Morgan fingerprint density at radius 2 is 1.95 bits per heavy atom. The smallest absolute Gasteiger partial charge is 0.396 e. The van der Waals surface area contributed by atoms with Gasteiger partial charge in [0.25, 0.3) is 0 Å². The van der Waals surface area contributed by atoms with Crippen LogP contribution in [-0.4, -0.2) is 76.0 Å². The Kier molecular flexibility index (Phi) is 6.68. The number of hydrogen-bond acceptors (Lipinski definition) is 6. The van der Waals surface area contributed by atoms with Crippen LogP contribution in [0.15, 0.2) is 47.5 Å². The molecule has 12 heteroatoms. The van der Waals surface area contributed by atoms with E-state index in [9.17, 15) is 23.1 Å². The zero-order valence-corrected chi connectivity index (χ0v) is 21.8. The minimum absolute atomic E-state index is 0.00558. The van der Waals surface area contributed by atoms with Crippen molar-refractivity contribution in [3.8, 4) is 5.69 Å². The van der Waals surface area contributed by atoms with E-state index >= 15 is 0 Å². The SMILES string of the molecule is CN(C=N)C(=N)CC1(c2cccc(-n3cc4c(C(F)(F)F)cc(CN5CC(C)(CO)C5)cn4c3=O)c2)COC1. The molecule has 0 radical (unpaired) electrons. The summed E-state index contributed by atoms with van der Waals surface area (Å²) < 4.78 is 50.1. The number of nitrogens with zero attached hydrogens (tertiary/aromatic N) is 4. The number of benzene rings is 1. The summed E-state index contributed by atoms with van der Waals surface area (Å²) in [6.45, 7) is 3.98. The molecule has 3 aromatic rings. The molecule has 208 valence electrons. The number of amidine groups is 1. The quantitative estimate of drug-likeness (QED) is 0.298. The molecule has 0 unspecified atom stereocenters. The first-order valence-corrected chi connectivity index (χ1v) is 12.5. The van der Waals surface area contributed by atoms with Gasteiger partial charge in [-0.1, -0.05) is 19.1 Å². The molecule has 0 atom stereocenters. The lowest BCUT2D eigenvalue weighted by molar-refractivity contribution is -0.136. The molecule has 2 saturated heterocycles. The Morgan fingerprint density at radius 3 is 2.54 bits per heavy atom. The summed E-state index contributed by atoms with van der Waals surface area (Å²) in [4.78, 5) is 16.8. The Hall–Kier alpha value is -3.48. The number of rotatable bonds is 8. The zero-order chi connectivity index (χ0) is 28.2. The fraction of sp³-hybridized carbons (Fsp3) is 0.444. The second kappa shape index (κ2) is 9.61. The summed E-state index contributed by atoms with van der Waals surface area (Å²) in [5.74, 6) is 0.231. The second-order valence-corrected chi connectivity index (χ2v) is 11.1. The van der Waals surface area contributed by atoms with E-state index in [0.29, 0.717) is 44.0 Å². The molecule has 0 aliphatic carbocycles. The first kappa shape index (κ1) is 27.1. The molecule has 5 rings (SSSR count). The van der Waals surface area contributed by atoms with Crippen molar-refractivity contribution < 1.29 is 23.0 Å². The van der Waals surface area contributed by atoms with Gasteiger partial charge >= 0.3 is 11.9 Å². The monoisotopic (exact) mass is 544 g/mol. The van der Waals surface area contributed by atoms with Crippen LogP contribution in [0.3, 0.4) is 0 Å². The predicted octanol–water partition coefficient (Wildman–Crippen LogP) is 3.10. The fourth-order valence-electron chi connectivity index (χ4n) is 5.48. The van der Waals surface area contributed by atoms with E-state index in [2.05, 4.69) is 0 Å². The lowest BCUT2D eigenvalue weighted by Gasteiger charge is -2.47. The number of imidazole rings is 1. The van der Waals surface area contributed by atoms with Gasteiger partial charge in [-0.3, -0.25) is 24.7 Å². The van der Waals surface area contributed by atoms with Gasteiger partial charge in [-0.2, -0.15) is 13.2 Å². The molecular formula is C27H31F3N6O3. The average Bonchev–Trinajstić information content (AvgIpc) is 3.19. The van der Waals surface area contributed by atoms with Gasteiger partial charge in [-0.15, -0.1) is 0 Å². The molecule has 9 nitrogen and oxygen atoms in total. The first-order chi connectivity index (χ1) is 18.4. The molecule has 4 heterocycles. The Labute approximate surface area is 223 Å². The number of aromatic nitrogens is 2. The average molecular weight is 545 g/mol. The molecule has 0 amide bonds. The number of ether oxygens (including phenoxy) is 1. The highest BCUT2D eigenvalue weighted by atomic mass is 19.4. The van der Waals surface area contributed by atoms with Crippen molar-refractivity contribution in [2.45, 2.75) is 31.5 Å². The topological polar surface area (TPSA) is 110 Å². The van der Waals surface area contributed by atoms with E-state index in [-0.39, 0.29) is 29.9 Å². The minimum atomic E-state index is -4.66. The van der Waals surface area contributed by atoms with Gasteiger partial charge in [0.05, 0.1) is 42.9 Å². The fourth-order valence-corrected chi connectivity index (χ4v) is 5.48. The number of aliphatic hydroxyl groups excluding tert-OH is 1. The normalized spacial score (nSPS) is 18.4. The van der Waals surface area contributed by atoms with Crippen LogP contribution < -0.4 is 5.69 Å². The van der Waals surface area contributed by atoms with E-state index in [1.807, 2.05) is 17.9 Å². The summed E-state index contributed by atoms with van der Waals surface area (Å²) in [6, 6.07) is 8.11. The number of likely N-dealkylation sites (tertiary alicyclic amines) is 1. The summed E-state index contributed by atoms with van der Waals surface area (Å²) in [5, 5.41) is 25.2. The highest BCUT2D eigenvalue weighted by Gasteiger charge is 2.42. The zero-order valence-electron chi connectivity index (χ0n) is 21.8. The Morgan fingerprint density at radius 1 is 1.23 bits per heavy atom. The third kappa shape index (κ3) is 4.88. The predicted molar refractivity (Wildman–Crippen MR) is 140 cm³/mol. The number of nitrogens with one attached hydrogen (secondary N) is 2. The standard InChI is InChI=1S/C27H31F3N6O3/c1-25(14-37)12-34(13-25)9-18-6-21(27(28,29)30)22-11-35(24(38)36(22)10-18)20-5-3-4-19(7-20)26(15-39-16-26)8-23(32)33(2)17-31/h3-7,10-11,17,31-32,37H,8-9,12-16H2,1-2H3. The molecule has 0 spiro atoms. The summed E-state index contributed by atoms with van der Waals surface area (Å²) >= 11 is 0. The lowest BCUT2D eigenvalue weighted by Crippen LogP contribution is -2.55. The third-order valence-corrected chi connectivity index (χ3v) is 7.75. The highest BCUT2D eigenvalue weighted by molar-refractivity contribution is 5.89. The number of hydrogen-bond donors (Lipinski definition) is 3. The van der Waals surface area contributed by atoms with Gasteiger partial charge in [0.15, 0.2) is 0 Å². The van der Waals surface area contributed by atoms with E-state index in [4.69, 9.17) is 15.6 Å². The number of aliphatic hydroxyl groups is 1. The van der Waals surface area contributed by atoms with Crippen molar-refractivity contribution in [3.05, 3.63) is 69.9 Å². The van der Waals surface area contributed by atoms with Gasteiger partial charge in [-0.05, 0) is 29.3 Å². The third-order valence-electron chi connectivity index (χ3n) is 7.75. The first-order valence-electron chi connectivity index (χ1n) is 12.5. The van der Waals surface area contributed by atoms with Crippen LogP contribution in [-0.2, 0) is 22.9 Å². The maximum absolute atomic E-state index is 14.1. The van der Waals surface area contributed by atoms with E-state index < -0.39 is 22.8 Å². The molecule has 2 aliphatic heterocycles. The summed E-state index contributed by atoms with van der Waals surface area (Å²) in [6.07, 6.45) is -0.627. The molecule has 3 N–H and O–H groups in total. The Balaban J connectivity index is 1.53. The molecule has 2 aromatic heterocycles. The number of halogens is 3. The van der Waals surface area contributed by atoms with Crippen molar-refractivity contribution >= 4 is 17.7 Å². The van der Waals surface area contributed by atoms with E-state index in [1.54, 1.807) is 25.2 Å². The summed E-state index contributed by atoms with van der Waals surface area (Å²) in [5.41, 5.74) is -0.952. The van der Waals surface area contributed by atoms with Crippen molar-refractivity contribution in [1.29, 1.82) is 10.8 Å². The molecule has 2 aliphatic rings. The Bertz CT molecular complexity index is 1480. The van der Waals surface area contributed by atoms with Crippen LogP contribution in [0, 0.1) is 16.2 Å². The van der Waals surface area contributed by atoms with Crippen molar-refractivity contribution in [1.82, 2.24) is 18.8 Å². The van der Waals surface area contributed by atoms with Crippen molar-refractivity contribution in [3.63, 3.8) is 0 Å². The van der Waals surface area contributed by atoms with Crippen molar-refractivity contribution in [2.24, 2.45) is 5.41 Å². The van der Waals surface area contributed by atoms with Gasteiger partial charge in [0.1, 0.15) is 5.84 Å². The van der Waals surface area contributed by atoms with Crippen LogP contribution in [0.2, 0.25) is 0 Å². The largest absolute Gasteiger partial charge is 0.418 e. The van der Waals surface area contributed by atoms with Gasteiger partial charge in [0.2, 0.25) is 0 Å². The molecule has 39 heavy (non-hydrogen) atoms. The van der Waals surface area contributed by atoms with Crippen LogP contribution in [0.4, 0.5) is 13.2 Å². The molecule has 0 bridgehead atoms. The van der Waals surface area contributed by atoms with Gasteiger partial charge in [0, 0.05) is 56.3 Å². The van der Waals surface area contributed by atoms with E-state index in [1.165, 1.54) is 21.9 Å². The second-order valence-electron chi connectivity index (χ2n) is 11.1. The lowest BCUT2D eigenvalue weighted by atomic mass is 9.75. The maximum Gasteiger partial charge on any atom is 0.418 e. The molecular weight excluding hydrogens is 513 g/mol. The van der Waals surface area contributed by atoms with Crippen molar-refractivity contribution in [2.75, 3.05) is 40.0 Å². The van der Waals surface area contributed by atoms with Gasteiger partial charge in [-0.25, -0.2) is 4.79 Å². The van der Waals surface area contributed by atoms with E-state index in [0.717, 1.165) is 22.4 Å². The molecule has 2 fully saturated rings. The molecule has 0 saturated carbocycles. The minimum Gasteiger partial charge on any atom is -0.396 e. The van der Waals surface area contributed by atoms with Crippen LogP contribution >= 0.6 is 0 Å². The van der Waals surface area contributed by atoms with Crippen LogP contribution in [0.5, 0.6) is 0 Å². The number of alkyl halides is 3. The van der Waals surface area contributed by atoms with Crippen LogP contribution in [0.25, 0.3) is 11.2 Å².